The summed E-state index contributed by atoms with van der Waals surface area (Å²) in [5.41, 5.74) is 8.74. The highest BCUT2D eigenvalue weighted by molar-refractivity contribution is 5.30. The van der Waals surface area contributed by atoms with Crippen LogP contribution in [-0.2, 0) is 13.0 Å². The zero-order valence-electron chi connectivity index (χ0n) is 8.74. The molecule has 2 heteroatoms. The summed E-state index contributed by atoms with van der Waals surface area (Å²) in [4.78, 5) is 2.46. The summed E-state index contributed by atoms with van der Waals surface area (Å²) < 4.78 is 0. The summed E-state index contributed by atoms with van der Waals surface area (Å²) in [5.74, 6) is 0. The number of likely N-dealkylation sites (N-methyl/N-ethyl adjacent to an activating group) is 1. The molecule has 0 radical (unpaired) electrons. The van der Waals surface area contributed by atoms with Crippen molar-refractivity contribution in [1.29, 1.82) is 0 Å². The Bertz CT molecular complexity index is 278. The summed E-state index contributed by atoms with van der Waals surface area (Å²) in [5, 5.41) is 0. The molecule has 0 unspecified atom stereocenters. The summed E-state index contributed by atoms with van der Waals surface area (Å²) in [6.45, 7) is 5.13. The van der Waals surface area contributed by atoms with Gasteiger partial charge in [0, 0.05) is 19.1 Å². The van der Waals surface area contributed by atoms with Crippen molar-refractivity contribution in [3.8, 4) is 0 Å². The molecule has 2 rings (SSSR count). The molecule has 0 saturated carbocycles. The lowest BCUT2D eigenvalue weighted by Crippen LogP contribution is -2.44. The first-order valence-corrected chi connectivity index (χ1v) is 5.36. The Balaban J connectivity index is 2.25. The summed E-state index contributed by atoms with van der Waals surface area (Å²) in [6.07, 6.45) is 1.11. The van der Waals surface area contributed by atoms with Crippen molar-refractivity contribution in [1.82, 2.24) is 4.90 Å². The maximum absolute atomic E-state index is 5.78. The molecule has 1 aliphatic rings. The first-order valence-electron chi connectivity index (χ1n) is 5.36. The van der Waals surface area contributed by atoms with Crippen LogP contribution in [0.3, 0.4) is 0 Å². The smallest absolute Gasteiger partial charge is 0.0262 e. The third kappa shape index (κ3) is 1.68. The van der Waals surface area contributed by atoms with E-state index < -0.39 is 0 Å². The van der Waals surface area contributed by atoms with Crippen LogP contribution in [0.5, 0.6) is 0 Å². The van der Waals surface area contributed by atoms with Crippen molar-refractivity contribution in [2.24, 2.45) is 5.73 Å². The van der Waals surface area contributed by atoms with Gasteiger partial charge in [-0.2, -0.15) is 0 Å². The van der Waals surface area contributed by atoms with E-state index >= 15 is 0 Å². The van der Waals surface area contributed by atoms with Crippen LogP contribution in [0.25, 0.3) is 0 Å². The van der Waals surface area contributed by atoms with Crippen molar-refractivity contribution in [2.75, 3.05) is 13.1 Å². The molecule has 0 saturated heterocycles. The van der Waals surface area contributed by atoms with Gasteiger partial charge in [0.2, 0.25) is 0 Å². The summed E-state index contributed by atoms with van der Waals surface area (Å²) in [6, 6.07) is 9.23. The molecule has 1 aliphatic heterocycles. The molecule has 76 valence electrons. The highest BCUT2D eigenvalue weighted by atomic mass is 15.2. The van der Waals surface area contributed by atoms with Gasteiger partial charge in [0.15, 0.2) is 0 Å². The van der Waals surface area contributed by atoms with Gasteiger partial charge in [0.25, 0.3) is 0 Å². The third-order valence-corrected chi connectivity index (χ3v) is 3.14. The van der Waals surface area contributed by atoms with Crippen LogP contribution in [0, 0.1) is 0 Å². The van der Waals surface area contributed by atoms with Crippen LogP contribution in [0.1, 0.15) is 18.1 Å². The Morgan fingerprint density at radius 3 is 2.71 bits per heavy atom. The minimum atomic E-state index is 0.537. The number of fused-ring (bicyclic) bond motifs is 1. The Morgan fingerprint density at radius 1 is 1.36 bits per heavy atom. The molecular weight excluding hydrogens is 172 g/mol. The fraction of sp³-hybridized carbons (Fsp3) is 0.500. The number of benzene rings is 1. The molecule has 0 fully saturated rings. The minimum Gasteiger partial charge on any atom is -0.329 e. The van der Waals surface area contributed by atoms with Crippen molar-refractivity contribution in [3.05, 3.63) is 35.4 Å². The molecule has 0 spiro atoms. The van der Waals surface area contributed by atoms with Gasteiger partial charge >= 0.3 is 0 Å². The minimum absolute atomic E-state index is 0.537. The van der Waals surface area contributed by atoms with Crippen LogP contribution >= 0.6 is 0 Å². The molecule has 14 heavy (non-hydrogen) atoms. The molecule has 1 aromatic carbocycles. The van der Waals surface area contributed by atoms with Crippen LogP contribution in [0.2, 0.25) is 0 Å². The zero-order valence-corrected chi connectivity index (χ0v) is 8.74. The number of hydrogen-bond acceptors (Lipinski definition) is 2. The number of hydrogen-bond donors (Lipinski definition) is 1. The summed E-state index contributed by atoms with van der Waals surface area (Å²) in [7, 11) is 0. The van der Waals surface area contributed by atoms with Gasteiger partial charge in [-0.15, -0.1) is 0 Å². The Hall–Kier alpha value is -0.860. The van der Waals surface area contributed by atoms with E-state index in [1.54, 1.807) is 0 Å². The lowest BCUT2D eigenvalue weighted by Gasteiger charge is -2.35. The van der Waals surface area contributed by atoms with Gasteiger partial charge < -0.3 is 5.73 Å². The molecule has 1 atom stereocenters. The summed E-state index contributed by atoms with van der Waals surface area (Å²) >= 11 is 0. The predicted molar refractivity (Wildman–Crippen MR) is 59.1 cm³/mol. The lowest BCUT2D eigenvalue weighted by atomic mass is 9.94. The fourth-order valence-electron chi connectivity index (χ4n) is 2.24. The fourth-order valence-corrected chi connectivity index (χ4v) is 2.24. The first kappa shape index (κ1) is 9.69. The normalized spacial score (nSPS) is 22.0. The van der Waals surface area contributed by atoms with Crippen LogP contribution in [0.4, 0.5) is 0 Å². The second-order valence-electron chi connectivity index (χ2n) is 3.93. The molecule has 1 aromatic rings. The topological polar surface area (TPSA) is 29.3 Å². The highest BCUT2D eigenvalue weighted by Crippen LogP contribution is 2.22. The van der Waals surface area contributed by atoms with Gasteiger partial charge in [-0.3, -0.25) is 4.90 Å². The van der Waals surface area contributed by atoms with E-state index in [1.165, 1.54) is 11.1 Å². The van der Waals surface area contributed by atoms with Gasteiger partial charge in [0.1, 0.15) is 0 Å². The molecule has 0 aromatic heterocycles. The zero-order chi connectivity index (χ0) is 9.97. The van der Waals surface area contributed by atoms with Gasteiger partial charge in [-0.1, -0.05) is 31.2 Å². The van der Waals surface area contributed by atoms with E-state index in [9.17, 15) is 0 Å². The van der Waals surface area contributed by atoms with E-state index in [0.29, 0.717) is 6.04 Å². The molecule has 2 N–H and O–H groups in total. The first-order chi connectivity index (χ1) is 6.85. The average molecular weight is 190 g/mol. The van der Waals surface area contributed by atoms with E-state index in [1.807, 2.05) is 0 Å². The van der Waals surface area contributed by atoms with E-state index in [4.69, 9.17) is 5.73 Å². The number of nitrogens with zero attached hydrogens (tertiary/aromatic N) is 1. The van der Waals surface area contributed by atoms with E-state index in [2.05, 4.69) is 36.1 Å². The predicted octanol–water partition coefficient (Wildman–Crippen LogP) is 1.39. The molecule has 1 heterocycles. The average Bonchev–Trinajstić information content (AvgIpc) is 2.27. The van der Waals surface area contributed by atoms with Crippen molar-refractivity contribution >= 4 is 0 Å². The Kier molecular flexibility index (Phi) is 2.85. The molecule has 0 aliphatic carbocycles. The van der Waals surface area contributed by atoms with Gasteiger partial charge in [-0.05, 0) is 24.1 Å². The lowest BCUT2D eigenvalue weighted by molar-refractivity contribution is 0.186. The monoisotopic (exact) mass is 190 g/mol. The second-order valence-corrected chi connectivity index (χ2v) is 3.93. The number of rotatable bonds is 2. The van der Waals surface area contributed by atoms with Gasteiger partial charge in [-0.25, -0.2) is 0 Å². The Morgan fingerprint density at radius 2 is 2.07 bits per heavy atom. The van der Waals surface area contributed by atoms with E-state index in [-0.39, 0.29) is 0 Å². The SMILES string of the molecule is CCN1Cc2ccccc2C[C@H]1CN. The van der Waals surface area contributed by atoms with Gasteiger partial charge in [0.05, 0.1) is 0 Å². The maximum atomic E-state index is 5.78. The Labute approximate surface area is 85.7 Å². The largest absolute Gasteiger partial charge is 0.329 e. The second kappa shape index (κ2) is 4.11. The molecule has 0 bridgehead atoms. The van der Waals surface area contributed by atoms with Crippen molar-refractivity contribution in [2.45, 2.75) is 25.9 Å². The van der Waals surface area contributed by atoms with Crippen LogP contribution in [-0.4, -0.2) is 24.0 Å². The quantitative estimate of drug-likeness (QED) is 0.763. The molecular formula is C12H18N2. The molecule has 2 nitrogen and oxygen atoms in total. The van der Waals surface area contributed by atoms with Crippen LogP contribution in [0.15, 0.2) is 24.3 Å². The third-order valence-electron chi connectivity index (χ3n) is 3.14. The molecule has 0 amide bonds. The number of nitrogens with two attached hydrogens (primary N) is 1. The van der Waals surface area contributed by atoms with Crippen molar-refractivity contribution < 1.29 is 0 Å². The maximum Gasteiger partial charge on any atom is 0.0262 e. The van der Waals surface area contributed by atoms with E-state index in [0.717, 1.165) is 26.1 Å². The van der Waals surface area contributed by atoms with Crippen LogP contribution < -0.4 is 5.73 Å². The standard InChI is InChI=1S/C12H18N2/c1-2-14-9-11-6-4-3-5-10(11)7-12(14)8-13/h3-6,12H,2,7-9,13H2,1H3/t12-/m0/s1. The highest BCUT2D eigenvalue weighted by Gasteiger charge is 2.22. The van der Waals surface area contributed by atoms with Crippen molar-refractivity contribution in [3.63, 3.8) is 0 Å².